The quantitative estimate of drug-likeness (QED) is 0.192. The van der Waals surface area contributed by atoms with Crippen LogP contribution in [0.15, 0.2) is 21.9 Å². The summed E-state index contributed by atoms with van der Waals surface area (Å²) in [5.41, 5.74) is 0.0241. The van der Waals surface area contributed by atoms with Crippen LogP contribution in [0, 0.1) is 5.92 Å². The molecule has 2 heterocycles. The van der Waals surface area contributed by atoms with Crippen molar-refractivity contribution in [2.45, 2.75) is 120 Å². The van der Waals surface area contributed by atoms with Crippen molar-refractivity contribution in [1.29, 1.82) is 0 Å². The van der Waals surface area contributed by atoms with Crippen LogP contribution in [-0.4, -0.2) is 103 Å². The van der Waals surface area contributed by atoms with Gasteiger partial charge in [-0.1, -0.05) is 66.7 Å². The van der Waals surface area contributed by atoms with E-state index in [4.69, 9.17) is 0 Å². The fourth-order valence-electron chi connectivity index (χ4n) is 7.94. The van der Waals surface area contributed by atoms with Gasteiger partial charge in [-0.25, -0.2) is 0 Å². The first-order valence-corrected chi connectivity index (χ1v) is 21.1. The highest BCUT2D eigenvalue weighted by Crippen LogP contribution is 2.45. The Kier molecular flexibility index (Phi) is 12.3. The van der Waals surface area contributed by atoms with E-state index in [1.165, 1.54) is 17.0 Å². The van der Waals surface area contributed by atoms with Crippen LogP contribution in [0.3, 0.4) is 0 Å². The molecule has 1 saturated carbocycles. The van der Waals surface area contributed by atoms with Crippen molar-refractivity contribution in [1.82, 2.24) is 20.0 Å². The highest BCUT2D eigenvalue weighted by molar-refractivity contribution is 7.85. The van der Waals surface area contributed by atoms with Gasteiger partial charge in [0, 0.05) is 46.0 Å². The summed E-state index contributed by atoms with van der Waals surface area (Å²) in [5.74, 6) is -3.03. The van der Waals surface area contributed by atoms with Gasteiger partial charge in [-0.3, -0.25) is 42.2 Å². The van der Waals surface area contributed by atoms with Crippen molar-refractivity contribution in [3.8, 4) is 0 Å². The molecule has 0 spiro atoms. The lowest BCUT2D eigenvalue weighted by atomic mass is 9.82. The summed E-state index contributed by atoms with van der Waals surface area (Å²) in [6, 6.07) is 1.13. The SMILES string of the molecule is CCCCCCNC(=O)C(CC(C)C)N1C(=O)c2cc(S(=O)CC)c3c4c(cc(S(=O)CC)c(c24)C1=O)C(=O)N(C1CCCCC1N(C)C)C3=O. The smallest absolute Gasteiger partial charge is 0.263 e. The van der Waals surface area contributed by atoms with E-state index in [9.17, 15) is 32.4 Å². The number of nitrogens with one attached hydrogen (secondary N) is 1. The number of amides is 5. The Hall–Kier alpha value is -3.29. The second kappa shape index (κ2) is 16.2. The molecule has 2 aromatic rings. The number of rotatable bonds is 15. The van der Waals surface area contributed by atoms with Crippen LogP contribution in [0.25, 0.3) is 10.8 Å². The van der Waals surface area contributed by atoms with Crippen molar-refractivity contribution in [3.63, 3.8) is 0 Å². The summed E-state index contributed by atoms with van der Waals surface area (Å²) in [4.78, 5) is 77.0. The Morgan fingerprint density at radius 1 is 0.824 bits per heavy atom. The maximum absolute atomic E-state index is 14.7. The van der Waals surface area contributed by atoms with Crippen molar-refractivity contribution in [2.75, 3.05) is 32.1 Å². The van der Waals surface area contributed by atoms with Crippen LogP contribution in [0.1, 0.15) is 134 Å². The molecule has 0 bridgehead atoms. The van der Waals surface area contributed by atoms with Crippen LogP contribution >= 0.6 is 0 Å². The summed E-state index contributed by atoms with van der Waals surface area (Å²) >= 11 is 0. The number of hydrogen-bond acceptors (Lipinski definition) is 8. The zero-order valence-corrected chi connectivity index (χ0v) is 32.6. The molecule has 0 saturated heterocycles. The predicted octanol–water partition coefficient (Wildman–Crippen LogP) is 5.27. The molecule has 1 aliphatic carbocycles. The summed E-state index contributed by atoms with van der Waals surface area (Å²) < 4.78 is 27.7. The number of carbonyl (C=O) groups excluding carboxylic acids is 5. The van der Waals surface area contributed by atoms with Crippen molar-refractivity contribution in [3.05, 3.63) is 34.4 Å². The summed E-state index contributed by atoms with van der Waals surface area (Å²) in [7, 11) is 0.324. The molecule has 5 unspecified atom stereocenters. The fourth-order valence-corrected chi connectivity index (χ4v) is 9.89. The summed E-state index contributed by atoms with van der Waals surface area (Å²) in [5, 5.41) is 3.09. The first-order chi connectivity index (χ1) is 24.3. The van der Waals surface area contributed by atoms with Gasteiger partial charge in [-0.05, 0) is 57.8 Å². The molecule has 278 valence electrons. The third-order valence-corrected chi connectivity index (χ3v) is 13.1. The van der Waals surface area contributed by atoms with Gasteiger partial charge >= 0.3 is 0 Å². The molecule has 1 fully saturated rings. The molecule has 5 atom stereocenters. The molecule has 3 aliphatic rings. The maximum atomic E-state index is 14.7. The summed E-state index contributed by atoms with van der Waals surface area (Å²) in [6.45, 7) is 9.69. The Morgan fingerprint density at radius 2 is 1.39 bits per heavy atom. The topological polar surface area (TPSA) is 141 Å². The third kappa shape index (κ3) is 7.10. The Morgan fingerprint density at radius 3 is 1.94 bits per heavy atom. The zero-order valence-electron chi connectivity index (χ0n) is 31.0. The van der Waals surface area contributed by atoms with Gasteiger partial charge in [-0.2, -0.15) is 0 Å². The van der Waals surface area contributed by atoms with E-state index >= 15 is 0 Å². The highest BCUT2D eigenvalue weighted by atomic mass is 32.2. The minimum atomic E-state index is -1.77. The number of unbranched alkanes of at least 4 members (excludes halogenated alkanes) is 3. The van der Waals surface area contributed by atoms with Crippen molar-refractivity contribution < 1.29 is 32.4 Å². The lowest BCUT2D eigenvalue weighted by Gasteiger charge is -2.44. The van der Waals surface area contributed by atoms with Gasteiger partial charge < -0.3 is 10.2 Å². The molecular weight excluding hydrogens is 689 g/mol. The Bertz CT molecular complexity index is 1810. The van der Waals surface area contributed by atoms with Crippen LogP contribution in [0.2, 0.25) is 0 Å². The number of carbonyl (C=O) groups is 5. The molecule has 5 rings (SSSR count). The zero-order chi connectivity index (χ0) is 37.3. The molecule has 0 aromatic heterocycles. The van der Waals surface area contributed by atoms with E-state index < -0.39 is 63.2 Å². The first kappa shape index (κ1) is 38.9. The first-order valence-electron chi connectivity index (χ1n) is 18.4. The minimum Gasteiger partial charge on any atom is -0.354 e. The Labute approximate surface area is 306 Å². The molecule has 1 N–H and O–H groups in total. The predicted molar refractivity (Wildman–Crippen MR) is 199 cm³/mol. The molecule has 0 radical (unpaired) electrons. The molecular formula is C38H52N4O7S2. The van der Waals surface area contributed by atoms with Crippen molar-refractivity contribution >= 4 is 61.9 Å². The van der Waals surface area contributed by atoms with Crippen LogP contribution in [-0.2, 0) is 26.4 Å². The number of imide groups is 2. The average molecular weight is 741 g/mol. The van der Waals surface area contributed by atoms with Gasteiger partial charge in [0.15, 0.2) is 0 Å². The van der Waals surface area contributed by atoms with E-state index in [2.05, 4.69) is 12.2 Å². The minimum absolute atomic E-state index is 0.0289. The van der Waals surface area contributed by atoms with Crippen LogP contribution in [0.4, 0.5) is 0 Å². The molecule has 5 amide bonds. The standard InChI is InChI=1S/C38H52N4O7S2/c1-8-11-12-15-18-39-34(43)27(19-22(4)5)42-36(45)24-21-28(50(48)9-2)32-30-23(20-29(51(49)10-3)33(31(24)30)38(42)47)35(44)41(37(32)46)26-17-14-13-16-25(26)40(6)7/h20-22,25-27H,8-19H2,1-7H3,(H,39,43). The van der Waals surface area contributed by atoms with E-state index in [-0.39, 0.29) is 72.7 Å². The fraction of sp³-hybridized carbons (Fsp3) is 0.605. The molecule has 2 aromatic carbocycles. The normalized spacial score (nSPS) is 20.8. The second-order valence-electron chi connectivity index (χ2n) is 14.5. The van der Waals surface area contributed by atoms with Crippen molar-refractivity contribution in [2.24, 2.45) is 5.92 Å². The third-order valence-electron chi connectivity index (χ3n) is 10.4. The van der Waals surface area contributed by atoms with Gasteiger partial charge in [-0.15, -0.1) is 0 Å². The van der Waals surface area contributed by atoms with Gasteiger partial charge in [0.2, 0.25) is 5.91 Å². The van der Waals surface area contributed by atoms with E-state index in [1.54, 1.807) is 13.8 Å². The van der Waals surface area contributed by atoms with E-state index in [1.807, 2.05) is 32.8 Å². The number of nitrogens with zero attached hydrogens (tertiary/aromatic N) is 3. The average Bonchev–Trinajstić information content (AvgIpc) is 3.11. The number of likely N-dealkylation sites (N-methyl/N-ethyl adjacent to an activating group) is 1. The van der Waals surface area contributed by atoms with E-state index in [0.717, 1.165) is 49.8 Å². The second-order valence-corrected chi connectivity index (χ2v) is 17.9. The van der Waals surface area contributed by atoms with Crippen LogP contribution in [0.5, 0.6) is 0 Å². The molecule has 51 heavy (non-hydrogen) atoms. The highest BCUT2D eigenvalue weighted by Gasteiger charge is 2.49. The number of hydrogen-bond donors (Lipinski definition) is 1. The van der Waals surface area contributed by atoms with Gasteiger partial charge in [0.05, 0.1) is 48.6 Å². The largest absolute Gasteiger partial charge is 0.354 e. The lowest BCUT2D eigenvalue weighted by Crippen LogP contribution is -2.57. The van der Waals surface area contributed by atoms with E-state index in [0.29, 0.717) is 13.0 Å². The lowest BCUT2D eigenvalue weighted by molar-refractivity contribution is -0.125. The number of benzene rings is 2. The monoisotopic (exact) mass is 740 g/mol. The van der Waals surface area contributed by atoms with Gasteiger partial charge in [0.1, 0.15) is 6.04 Å². The molecule has 13 heteroatoms. The van der Waals surface area contributed by atoms with Gasteiger partial charge in [0.25, 0.3) is 23.6 Å². The van der Waals surface area contributed by atoms with Crippen LogP contribution < -0.4 is 5.32 Å². The maximum Gasteiger partial charge on any atom is 0.263 e. The Balaban J connectivity index is 1.76. The molecule has 11 nitrogen and oxygen atoms in total. The summed E-state index contributed by atoms with van der Waals surface area (Å²) in [6.07, 6.45) is 7.10. The molecule has 2 aliphatic heterocycles.